The number of pyridine rings is 1. The molecule has 0 spiro atoms. The molecule has 0 bridgehead atoms. The number of amides is 1. The SMILES string of the molecule is O=C(CSc1ccc(F)cc1)NCc1ccncc1. The van der Waals surface area contributed by atoms with Gasteiger partial charge in [-0.25, -0.2) is 4.39 Å². The molecule has 0 saturated heterocycles. The minimum atomic E-state index is -0.272. The summed E-state index contributed by atoms with van der Waals surface area (Å²) in [6, 6.07) is 9.81. The topological polar surface area (TPSA) is 42.0 Å². The van der Waals surface area contributed by atoms with Gasteiger partial charge in [0.05, 0.1) is 5.75 Å². The van der Waals surface area contributed by atoms with E-state index >= 15 is 0 Å². The molecule has 1 aromatic heterocycles. The summed E-state index contributed by atoms with van der Waals surface area (Å²) in [4.78, 5) is 16.4. The summed E-state index contributed by atoms with van der Waals surface area (Å²) in [6.07, 6.45) is 3.38. The van der Waals surface area contributed by atoms with E-state index in [0.29, 0.717) is 12.3 Å². The van der Waals surface area contributed by atoms with E-state index in [1.54, 1.807) is 24.5 Å². The lowest BCUT2D eigenvalue weighted by atomic mass is 10.3. The van der Waals surface area contributed by atoms with Crippen molar-refractivity contribution < 1.29 is 9.18 Å². The predicted octanol–water partition coefficient (Wildman–Crippen LogP) is 2.63. The van der Waals surface area contributed by atoms with Crippen LogP contribution in [0, 0.1) is 5.82 Å². The first-order valence-electron chi connectivity index (χ1n) is 5.78. The van der Waals surface area contributed by atoms with Crippen molar-refractivity contribution in [2.24, 2.45) is 0 Å². The molecule has 0 aliphatic carbocycles. The van der Waals surface area contributed by atoms with Crippen LogP contribution in [0.15, 0.2) is 53.7 Å². The molecule has 1 aromatic carbocycles. The van der Waals surface area contributed by atoms with Gasteiger partial charge in [-0.05, 0) is 42.0 Å². The molecule has 1 heterocycles. The molecule has 0 aliphatic rings. The lowest BCUT2D eigenvalue weighted by Crippen LogP contribution is -2.24. The Morgan fingerprint density at radius 3 is 2.53 bits per heavy atom. The van der Waals surface area contributed by atoms with Gasteiger partial charge in [0.2, 0.25) is 5.91 Å². The number of carbonyl (C=O) groups excluding carboxylic acids is 1. The zero-order valence-corrected chi connectivity index (χ0v) is 11.0. The Labute approximate surface area is 115 Å². The predicted molar refractivity (Wildman–Crippen MR) is 73.2 cm³/mol. The van der Waals surface area contributed by atoms with Crippen LogP contribution < -0.4 is 5.32 Å². The smallest absolute Gasteiger partial charge is 0.230 e. The Balaban J connectivity index is 1.74. The Hall–Kier alpha value is -1.88. The van der Waals surface area contributed by atoms with Crippen LogP contribution in [-0.4, -0.2) is 16.6 Å². The van der Waals surface area contributed by atoms with Crippen LogP contribution in [-0.2, 0) is 11.3 Å². The van der Waals surface area contributed by atoms with Gasteiger partial charge in [-0.3, -0.25) is 9.78 Å². The molecule has 2 rings (SSSR count). The molecule has 0 saturated carbocycles. The van der Waals surface area contributed by atoms with Crippen molar-refractivity contribution in [3.63, 3.8) is 0 Å². The third-order valence-electron chi connectivity index (χ3n) is 2.42. The van der Waals surface area contributed by atoms with Crippen LogP contribution in [0.25, 0.3) is 0 Å². The average Bonchev–Trinajstić information content (AvgIpc) is 2.45. The normalized spacial score (nSPS) is 10.2. The number of nitrogens with zero attached hydrogens (tertiary/aromatic N) is 1. The molecule has 1 amide bonds. The molecule has 2 aromatic rings. The summed E-state index contributed by atoms with van der Waals surface area (Å²) >= 11 is 1.38. The summed E-state index contributed by atoms with van der Waals surface area (Å²) in [5.74, 6) is -0.00546. The maximum Gasteiger partial charge on any atom is 0.230 e. The van der Waals surface area contributed by atoms with Crippen LogP contribution in [0.5, 0.6) is 0 Å². The van der Waals surface area contributed by atoms with Gasteiger partial charge in [-0.1, -0.05) is 0 Å². The lowest BCUT2D eigenvalue weighted by Gasteiger charge is -2.05. The fourth-order valence-electron chi connectivity index (χ4n) is 1.43. The van der Waals surface area contributed by atoms with Gasteiger partial charge in [-0.2, -0.15) is 0 Å². The number of halogens is 1. The molecule has 0 radical (unpaired) electrons. The van der Waals surface area contributed by atoms with Crippen LogP contribution in [0.4, 0.5) is 4.39 Å². The standard InChI is InChI=1S/C14H13FN2OS/c15-12-1-3-13(4-2-12)19-10-14(18)17-9-11-5-7-16-8-6-11/h1-8H,9-10H2,(H,17,18). The Bertz CT molecular complexity index is 531. The number of nitrogens with one attached hydrogen (secondary N) is 1. The van der Waals surface area contributed by atoms with Crippen LogP contribution in [0.2, 0.25) is 0 Å². The van der Waals surface area contributed by atoms with E-state index in [0.717, 1.165) is 10.5 Å². The first kappa shape index (κ1) is 13.5. The molecule has 0 unspecified atom stereocenters. The van der Waals surface area contributed by atoms with Crippen molar-refractivity contribution in [2.45, 2.75) is 11.4 Å². The van der Waals surface area contributed by atoms with Crippen molar-refractivity contribution in [2.75, 3.05) is 5.75 Å². The minimum absolute atomic E-state index is 0.0499. The van der Waals surface area contributed by atoms with Gasteiger partial charge in [-0.15, -0.1) is 11.8 Å². The van der Waals surface area contributed by atoms with Crippen LogP contribution in [0.1, 0.15) is 5.56 Å². The number of rotatable bonds is 5. The first-order chi connectivity index (χ1) is 9.24. The average molecular weight is 276 g/mol. The van der Waals surface area contributed by atoms with Crippen molar-refractivity contribution in [1.82, 2.24) is 10.3 Å². The van der Waals surface area contributed by atoms with E-state index in [9.17, 15) is 9.18 Å². The quantitative estimate of drug-likeness (QED) is 0.854. The summed E-state index contributed by atoms with van der Waals surface area (Å²) < 4.78 is 12.7. The van der Waals surface area contributed by atoms with Gasteiger partial charge in [0.1, 0.15) is 5.82 Å². The van der Waals surface area contributed by atoms with Crippen molar-refractivity contribution in [1.29, 1.82) is 0 Å². The highest BCUT2D eigenvalue weighted by Crippen LogP contribution is 2.17. The van der Waals surface area contributed by atoms with Crippen molar-refractivity contribution >= 4 is 17.7 Å². The van der Waals surface area contributed by atoms with Crippen LogP contribution >= 0.6 is 11.8 Å². The second-order valence-corrected chi connectivity index (χ2v) is 4.92. The zero-order valence-electron chi connectivity index (χ0n) is 10.2. The maximum absolute atomic E-state index is 12.7. The van der Waals surface area contributed by atoms with Gasteiger partial charge >= 0.3 is 0 Å². The molecule has 0 aliphatic heterocycles. The number of hydrogen-bond donors (Lipinski definition) is 1. The second-order valence-electron chi connectivity index (χ2n) is 3.87. The maximum atomic E-state index is 12.7. The Kier molecular flexibility index (Phi) is 4.92. The zero-order chi connectivity index (χ0) is 13.5. The number of aromatic nitrogens is 1. The molecule has 3 nitrogen and oxygen atoms in total. The summed E-state index contributed by atoms with van der Waals surface area (Å²) in [5.41, 5.74) is 1.01. The van der Waals surface area contributed by atoms with Crippen molar-refractivity contribution in [3.05, 3.63) is 60.2 Å². The van der Waals surface area contributed by atoms with E-state index in [1.807, 2.05) is 12.1 Å². The fraction of sp³-hybridized carbons (Fsp3) is 0.143. The number of carbonyl (C=O) groups is 1. The number of hydrogen-bond acceptors (Lipinski definition) is 3. The molecule has 1 N–H and O–H groups in total. The fourth-order valence-corrected chi connectivity index (χ4v) is 2.16. The molecular weight excluding hydrogens is 263 g/mol. The lowest BCUT2D eigenvalue weighted by molar-refractivity contribution is -0.118. The van der Waals surface area contributed by atoms with Crippen LogP contribution in [0.3, 0.4) is 0 Å². The third-order valence-corrected chi connectivity index (χ3v) is 3.43. The summed E-state index contributed by atoms with van der Waals surface area (Å²) in [7, 11) is 0. The van der Waals surface area contributed by atoms with Gasteiger partial charge in [0.15, 0.2) is 0 Å². The highest BCUT2D eigenvalue weighted by atomic mass is 32.2. The van der Waals surface area contributed by atoms with Gasteiger partial charge < -0.3 is 5.32 Å². The van der Waals surface area contributed by atoms with E-state index in [1.165, 1.54) is 23.9 Å². The molecule has 5 heteroatoms. The largest absolute Gasteiger partial charge is 0.351 e. The Morgan fingerprint density at radius 1 is 1.16 bits per heavy atom. The monoisotopic (exact) mass is 276 g/mol. The highest BCUT2D eigenvalue weighted by molar-refractivity contribution is 8.00. The van der Waals surface area contributed by atoms with Gasteiger partial charge in [0.25, 0.3) is 0 Å². The number of benzene rings is 1. The minimum Gasteiger partial charge on any atom is -0.351 e. The molecule has 0 fully saturated rings. The van der Waals surface area contributed by atoms with E-state index in [-0.39, 0.29) is 11.7 Å². The molecule has 98 valence electrons. The number of thioether (sulfide) groups is 1. The second kappa shape index (κ2) is 6.89. The molecule has 19 heavy (non-hydrogen) atoms. The summed E-state index contributed by atoms with van der Waals surface area (Å²) in [6.45, 7) is 0.491. The first-order valence-corrected chi connectivity index (χ1v) is 6.76. The summed E-state index contributed by atoms with van der Waals surface area (Å²) in [5, 5.41) is 2.82. The van der Waals surface area contributed by atoms with E-state index in [4.69, 9.17) is 0 Å². The highest BCUT2D eigenvalue weighted by Gasteiger charge is 2.03. The van der Waals surface area contributed by atoms with E-state index in [2.05, 4.69) is 10.3 Å². The third kappa shape index (κ3) is 4.71. The molecular formula is C14H13FN2OS. The Morgan fingerprint density at radius 2 is 1.84 bits per heavy atom. The van der Waals surface area contributed by atoms with Gasteiger partial charge in [0, 0.05) is 23.8 Å². The van der Waals surface area contributed by atoms with Crippen molar-refractivity contribution in [3.8, 4) is 0 Å². The molecule has 0 atom stereocenters. The van der Waals surface area contributed by atoms with E-state index < -0.39 is 0 Å².